The zero-order chi connectivity index (χ0) is 48.7. The van der Waals surface area contributed by atoms with Crippen LogP contribution in [0.3, 0.4) is 0 Å². The molecule has 0 radical (unpaired) electrons. The van der Waals surface area contributed by atoms with E-state index < -0.39 is 41.9 Å². The highest BCUT2D eigenvalue weighted by molar-refractivity contribution is 6.45. The molecule has 0 bridgehead atoms. The van der Waals surface area contributed by atoms with E-state index in [1.807, 2.05) is 0 Å². The summed E-state index contributed by atoms with van der Waals surface area (Å²) in [5.41, 5.74) is 2.18. The third kappa shape index (κ3) is 11.5. The number of rotatable bonds is 15. The molecule has 2 aromatic heterocycles. The van der Waals surface area contributed by atoms with Gasteiger partial charge in [-0.1, -0.05) is 40.5 Å². The van der Waals surface area contributed by atoms with E-state index in [9.17, 15) is 24.6 Å². The number of ether oxygens (including phenoxy) is 4. The zero-order valence-corrected chi connectivity index (χ0v) is 39.9. The average Bonchev–Trinajstić information content (AvgIpc) is 4.23. The Kier molecular flexibility index (Phi) is 15.4. The fourth-order valence-corrected chi connectivity index (χ4v) is 9.38. The lowest BCUT2D eigenvalue weighted by Crippen LogP contribution is -2.48. The van der Waals surface area contributed by atoms with E-state index in [0.717, 1.165) is 57.2 Å². The van der Waals surface area contributed by atoms with Crippen molar-refractivity contribution in [2.75, 3.05) is 72.8 Å². The minimum atomic E-state index is -1.05. The highest BCUT2D eigenvalue weighted by Gasteiger charge is 2.33. The summed E-state index contributed by atoms with van der Waals surface area (Å²) in [5.74, 6) is 0.350. The van der Waals surface area contributed by atoms with Crippen molar-refractivity contribution in [3.63, 3.8) is 0 Å². The second kappa shape index (κ2) is 22.2. The first-order chi connectivity index (χ1) is 34.0. The minimum absolute atomic E-state index is 0.0365. The molecule has 2 fully saturated rings. The highest BCUT2D eigenvalue weighted by Crippen LogP contribution is 2.35. The summed E-state index contributed by atoms with van der Waals surface area (Å²) in [5, 5.41) is 34.6. The molecule has 4 aliphatic rings. The summed E-state index contributed by atoms with van der Waals surface area (Å²) in [4.78, 5) is 48.6. The SMILES string of the molecule is CO/N=C(/C(=O)N[C@H](CN1CCCC1)[C@H](O)c1ccc2c(c1)OCCO2)c1cc2cc(Cl)ccc2o1.O=C(N[C@H](CN1CCCC1)[C@H](O)c1ccc2c(c1)OCCO2)C(=O)c1cc2cc(Cl)ccc2o1. The van der Waals surface area contributed by atoms with Crippen molar-refractivity contribution in [2.24, 2.45) is 5.16 Å². The number of oxime groups is 1. The lowest BCUT2D eigenvalue weighted by Gasteiger charge is -2.29. The number of aliphatic hydroxyl groups is 2. The van der Waals surface area contributed by atoms with E-state index in [1.165, 1.54) is 13.2 Å². The van der Waals surface area contributed by atoms with Crippen LogP contribution in [0, 0.1) is 0 Å². The summed E-state index contributed by atoms with van der Waals surface area (Å²) < 4.78 is 33.9. The van der Waals surface area contributed by atoms with Crippen LogP contribution in [-0.4, -0.2) is 128 Å². The summed E-state index contributed by atoms with van der Waals surface area (Å²) in [6.07, 6.45) is 2.23. The molecule has 6 aromatic rings. The van der Waals surface area contributed by atoms with Crippen molar-refractivity contribution < 1.29 is 57.2 Å². The van der Waals surface area contributed by atoms with E-state index in [2.05, 4.69) is 25.6 Å². The first kappa shape index (κ1) is 48.7. The van der Waals surface area contributed by atoms with Gasteiger partial charge in [0, 0.05) is 33.9 Å². The van der Waals surface area contributed by atoms with Crippen LogP contribution in [0.25, 0.3) is 21.9 Å². The number of ketones is 1. The number of furan rings is 2. The number of carbonyl (C=O) groups excluding carboxylic acids is 3. The average molecular weight is 999 g/mol. The monoisotopic (exact) mass is 997 g/mol. The molecule has 4 N–H and O–H groups in total. The van der Waals surface area contributed by atoms with Gasteiger partial charge in [0.2, 0.25) is 5.71 Å². The Bertz CT molecular complexity index is 2870. The van der Waals surface area contributed by atoms with Crippen LogP contribution in [0.2, 0.25) is 10.0 Å². The summed E-state index contributed by atoms with van der Waals surface area (Å²) in [7, 11) is 1.36. The van der Waals surface area contributed by atoms with Gasteiger partial charge in [0.05, 0.1) is 12.1 Å². The van der Waals surface area contributed by atoms with Crippen molar-refractivity contribution in [3.05, 3.63) is 118 Å². The molecular weight excluding hydrogens is 945 g/mol. The van der Waals surface area contributed by atoms with E-state index in [4.69, 9.17) is 55.8 Å². The number of fused-ring (bicyclic) bond motifs is 4. The summed E-state index contributed by atoms with van der Waals surface area (Å²) in [6.45, 7) is 6.26. The second-order valence-corrected chi connectivity index (χ2v) is 18.3. The molecule has 6 heterocycles. The van der Waals surface area contributed by atoms with Crippen molar-refractivity contribution in [3.8, 4) is 23.0 Å². The molecule has 2 amide bonds. The normalized spacial score (nSPS) is 17.6. The molecule has 4 atom stereocenters. The molecule has 0 unspecified atom stereocenters. The first-order valence-corrected chi connectivity index (χ1v) is 24.0. The quantitative estimate of drug-likeness (QED) is 0.0359. The number of hydrogen-bond donors (Lipinski definition) is 4. The molecule has 0 spiro atoms. The minimum Gasteiger partial charge on any atom is -0.486 e. The van der Waals surface area contributed by atoms with Gasteiger partial charge < -0.3 is 63.3 Å². The number of aliphatic hydroxyl groups excluding tert-OH is 2. The number of carbonyl (C=O) groups is 3. The first-order valence-electron chi connectivity index (χ1n) is 23.3. The molecule has 0 aliphatic carbocycles. The number of benzene rings is 4. The van der Waals surface area contributed by atoms with Crippen LogP contribution in [0.4, 0.5) is 0 Å². The third-order valence-corrected chi connectivity index (χ3v) is 13.0. The van der Waals surface area contributed by atoms with Crippen LogP contribution < -0.4 is 29.6 Å². The Morgan fingerprint density at radius 1 is 0.600 bits per heavy atom. The van der Waals surface area contributed by atoms with E-state index in [0.29, 0.717) is 100 Å². The third-order valence-electron chi connectivity index (χ3n) is 12.5. The van der Waals surface area contributed by atoms with Crippen LogP contribution in [-0.2, 0) is 14.4 Å². The Labute approximate surface area is 413 Å². The molecule has 17 nitrogen and oxygen atoms in total. The van der Waals surface area contributed by atoms with Crippen LogP contribution in [0.1, 0.15) is 65.3 Å². The van der Waals surface area contributed by atoms with Gasteiger partial charge in [0.25, 0.3) is 17.6 Å². The summed E-state index contributed by atoms with van der Waals surface area (Å²) >= 11 is 12.1. The number of halogens is 2. The topological polar surface area (TPSA) is 207 Å². The van der Waals surface area contributed by atoms with Crippen LogP contribution in [0.15, 0.2) is 98.9 Å². The molecule has 0 saturated carbocycles. The Balaban J connectivity index is 0.000000174. The predicted molar refractivity (Wildman–Crippen MR) is 260 cm³/mol. The lowest BCUT2D eigenvalue weighted by molar-refractivity contribution is -0.119. The molecule has 2 saturated heterocycles. The van der Waals surface area contributed by atoms with Crippen LogP contribution >= 0.6 is 23.2 Å². The fourth-order valence-electron chi connectivity index (χ4n) is 9.02. The van der Waals surface area contributed by atoms with Gasteiger partial charge in [-0.15, -0.1) is 0 Å². The van der Waals surface area contributed by atoms with Crippen LogP contribution in [0.5, 0.6) is 23.0 Å². The summed E-state index contributed by atoms with van der Waals surface area (Å²) in [6, 6.07) is 22.5. The molecule has 19 heteroatoms. The van der Waals surface area contributed by atoms with E-state index in [1.54, 1.807) is 78.9 Å². The molecular formula is C51H53Cl2N5O12. The van der Waals surface area contributed by atoms with Crippen molar-refractivity contribution >= 4 is 68.4 Å². The Hall–Kier alpha value is -6.34. The number of likely N-dealkylation sites (tertiary alicyclic amines) is 2. The standard InChI is InChI=1S/C26H28ClN3O6.C25H25ClN2O6/c1-33-29-24(23-14-17-12-18(27)5-7-20(17)36-23)26(32)28-19(15-30-8-2-3-9-30)25(31)16-4-6-21-22(13-16)35-11-10-34-21;26-17-4-6-19-16(11-17)13-22(34-19)24(30)25(31)27-18(14-28-7-1-2-8-28)23(29)15-3-5-20-21(12-15)33-10-9-32-20/h4-7,12-14,19,25,31H,2-3,8-11,15H2,1H3,(H,28,32);3-6,11-13,18,23,29H,1-2,7-10,14H2,(H,27,31)/b29-24+;/t19-,25-;18-,23-/m11/s1. The van der Waals surface area contributed by atoms with Gasteiger partial charge in [0.15, 0.2) is 34.5 Å². The molecule has 70 heavy (non-hydrogen) atoms. The highest BCUT2D eigenvalue weighted by atomic mass is 35.5. The van der Waals surface area contributed by atoms with Gasteiger partial charge in [-0.3, -0.25) is 14.4 Å². The van der Waals surface area contributed by atoms with E-state index in [-0.39, 0.29) is 17.2 Å². The molecule has 4 aromatic carbocycles. The number of Topliss-reactive ketones (excluding diaryl/α,β-unsaturated/α-hetero) is 1. The Morgan fingerprint density at radius 3 is 1.53 bits per heavy atom. The largest absolute Gasteiger partial charge is 0.486 e. The fraction of sp³-hybridized carbons (Fsp3) is 0.373. The number of hydrogen-bond acceptors (Lipinski definition) is 15. The van der Waals surface area contributed by atoms with Crippen molar-refractivity contribution in [2.45, 2.75) is 50.0 Å². The number of nitrogens with zero attached hydrogens (tertiary/aromatic N) is 3. The van der Waals surface area contributed by atoms with Crippen molar-refractivity contribution in [1.29, 1.82) is 0 Å². The van der Waals surface area contributed by atoms with Gasteiger partial charge in [-0.05, 0) is 136 Å². The van der Waals surface area contributed by atoms with Gasteiger partial charge in [0.1, 0.15) is 56.9 Å². The number of nitrogens with one attached hydrogen (secondary N) is 2. The van der Waals surface area contributed by atoms with Crippen molar-refractivity contribution in [1.82, 2.24) is 20.4 Å². The smallest absolute Gasteiger partial charge is 0.296 e. The van der Waals surface area contributed by atoms with Gasteiger partial charge in [-0.2, -0.15) is 0 Å². The maximum atomic E-state index is 13.4. The molecule has 10 rings (SSSR count). The van der Waals surface area contributed by atoms with E-state index >= 15 is 0 Å². The van der Waals surface area contributed by atoms with Gasteiger partial charge in [-0.25, -0.2) is 0 Å². The molecule has 368 valence electrons. The van der Waals surface area contributed by atoms with Gasteiger partial charge >= 0.3 is 0 Å². The second-order valence-electron chi connectivity index (χ2n) is 17.4. The zero-order valence-electron chi connectivity index (χ0n) is 38.4. The number of amides is 2. The maximum absolute atomic E-state index is 13.4. The predicted octanol–water partition coefficient (Wildman–Crippen LogP) is 6.88. The maximum Gasteiger partial charge on any atom is 0.296 e. The molecule has 4 aliphatic heterocycles. The Morgan fingerprint density at radius 2 is 1.04 bits per heavy atom. The lowest BCUT2D eigenvalue weighted by atomic mass is 10.0.